The molecule has 1 fully saturated rings. The van der Waals surface area contributed by atoms with Gasteiger partial charge >= 0.3 is 0 Å². The van der Waals surface area contributed by atoms with Crippen molar-refractivity contribution in [3.63, 3.8) is 0 Å². The van der Waals surface area contributed by atoms with E-state index in [0.29, 0.717) is 24.6 Å². The Kier molecular flexibility index (Phi) is 4.57. The molecule has 1 atom stereocenters. The molecule has 27 heavy (non-hydrogen) atoms. The Labute approximate surface area is 158 Å². The summed E-state index contributed by atoms with van der Waals surface area (Å²) in [6.07, 6.45) is 0.791. The maximum atomic E-state index is 13.1. The van der Waals surface area contributed by atoms with Crippen LogP contribution in [0.1, 0.15) is 18.0 Å². The molecular weight excluding hydrogens is 364 g/mol. The third-order valence-electron chi connectivity index (χ3n) is 5.13. The maximum absolute atomic E-state index is 13.1. The molecule has 4 rings (SSSR count). The van der Waals surface area contributed by atoms with E-state index >= 15 is 0 Å². The van der Waals surface area contributed by atoms with Crippen molar-refractivity contribution in [3.05, 3.63) is 54.2 Å². The molecule has 3 aromatic rings. The zero-order chi connectivity index (χ0) is 19.0. The zero-order valence-electron chi connectivity index (χ0n) is 15.3. The van der Waals surface area contributed by atoms with Crippen molar-refractivity contribution < 1.29 is 17.9 Å². The van der Waals surface area contributed by atoms with Crippen LogP contribution >= 0.6 is 0 Å². The van der Waals surface area contributed by atoms with Gasteiger partial charge in [0.05, 0.1) is 19.1 Å². The summed E-state index contributed by atoms with van der Waals surface area (Å²) < 4.78 is 38.1. The van der Waals surface area contributed by atoms with Crippen molar-refractivity contribution in [2.24, 2.45) is 0 Å². The molecule has 0 saturated carbocycles. The van der Waals surface area contributed by atoms with E-state index < -0.39 is 10.0 Å². The van der Waals surface area contributed by atoms with Gasteiger partial charge in [-0.05, 0) is 36.1 Å². The molecule has 2 heterocycles. The Morgan fingerprint density at radius 1 is 1.04 bits per heavy atom. The lowest BCUT2D eigenvalue weighted by Gasteiger charge is -2.17. The fourth-order valence-corrected chi connectivity index (χ4v) is 5.16. The van der Waals surface area contributed by atoms with Crippen LogP contribution in [-0.4, -0.2) is 45.0 Å². The van der Waals surface area contributed by atoms with Crippen LogP contribution in [0.3, 0.4) is 0 Å². The topological polar surface area (TPSA) is 71.6 Å². The highest BCUT2D eigenvalue weighted by Gasteiger charge is 2.34. The number of methoxy groups -OCH3 is 2. The summed E-state index contributed by atoms with van der Waals surface area (Å²) in [4.78, 5) is 3.64. The Bertz CT molecular complexity index is 1040. The first-order chi connectivity index (χ1) is 13.0. The number of benzene rings is 2. The molecule has 0 radical (unpaired) electrons. The molecular formula is C20H22N2O4S. The number of aromatic nitrogens is 1. The summed E-state index contributed by atoms with van der Waals surface area (Å²) in [7, 11) is -0.562. The lowest BCUT2D eigenvalue weighted by molar-refractivity contribution is 0.353. The highest BCUT2D eigenvalue weighted by atomic mass is 32.2. The van der Waals surface area contributed by atoms with Crippen LogP contribution in [0.2, 0.25) is 0 Å². The summed E-state index contributed by atoms with van der Waals surface area (Å²) >= 11 is 0. The lowest BCUT2D eigenvalue weighted by Crippen LogP contribution is -2.28. The minimum atomic E-state index is -3.58. The molecule has 1 aromatic heterocycles. The molecule has 0 bridgehead atoms. The minimum absolute atomic E-state index is 0.160. The predicted octanol–water partition coefficient (Wildman–Crippen LogP) is 3.36. The van der Waals surface area contributed by atoms with Crippen LogP contribution in [-0.2, 0) is 10.0 Å². The van der Waals surface area contributed by atoms with Gasteiger partial charge in [-0.25, -0.2) is 8.42 Å². The molecule has 1 aliphatic rings. The second-order valence-corrected chi connectivity index (χ2v) is 8.62. The largest absolute Gasteiger partial charge is 0.493 e. The predicted molar refractivity (Wildman–Crippen MR) is 104 cm³/mol. The van der Waals surface area contributed by atoms with E-state index in [4.69, 9.17) is 9.47 Å². The number of rotatable bonds is 5. The Morgan fingerprint density at radius 2 is 1.81 bits per heavy atom. The minimum Gasteiger partial charge on any atom is -0.493 e. The molecule has 0 aliphatic carbocycles. The van der Waals surface area contributed by atoms with Gasteiger partial charge in [0, 0.05) is 36.3 Å². The average Bonchev–Trinajstić information content (AvgIpc) is 3.34. The molecule has 6 nitrogen and oxygen atoms in total. The van der Waals surface area contributed by atoms with Gasteiger partial charge in [-0.2, -0.15) is 4.31 Å². The van der Waals surface area contributed by atoms with Crippen molar-refractivity contribution in [3.8, 4) is 11.5 Å². The number of nitrogens with one attached hydrogen (secondary N) is 1. The number of ether oxygens (including phenoxy) is 2. The Morgan fingerprint density at radius 3 is 2.56 bits per heavy atom. The third kappa shape index (κ3) is 3.17. The first-order valence-electron chi connectivity index (χ1n) is 8.83. The molecule has 0 spiro atoms. The standard InChI is InChI=1S/C20H22N2O4S/c1-25-19-8-7-16(12-20(19)26-2)27(23,24)22-10-9-15(13-22)18-11-14-5-3-4-6-17(14)21-18/h3-8,11-12,15,21H,9-10,13H2,1-2H3. The number of fused-ring (bicyclic) bond motifs is 1. The average molecular weight is 386 g/mol. The molecule has 7 heteroatoms. The summed E-state index contributed by atoms with van der Waals surface area (Å²) in [6, 6.07) is 14.9. The summed E-state index contributed by atoms with van der Waals surface area (Å²) in [5, 5.41) is 1.15. The van der Waals surface area contributed by atoms with Crippen LogP contribution in [0, 0.1) is 0 Å². The van der Waals surface area contributed by atoms with Crippen molar-refractivity contribution in [2.45, 2.75) is 17.2 Å². The van der Waals surface area contributed by atoms with Crippen LogP contribution in [0.15, 0.2) is 53.4 Å². The van der Waals surface area contributed by atoms with Crippen molar-refractivity contribution in [1.82, 2.24) is 9.29 Å². The van der Waals surface area contributed by atoms with Gasteiger partial charge in [-0.15, -0.1) is 0 Å². The van der Waals surface area contributed by atoms with Gasteiger partial charge in [-0.1, -0.05) is 18.2 Å². The first-order valence-corrected chi connectivity index (χ1v) is 10.3. The Hall–Kier alpha value is -2.51. The van der Waals surface area contributed by atoms with Crippen LogP contribution in [0.4, 0.5) is 0 Å². The molecule has 1 saturated heterocycles. The molecule has 0 amide bonds. The third-order valence-corrected chi connectivity index (χ3v) is 7.00. The second kappa shape index (κ2) is 6.90. The van der Waals surface area contributed by atoms with Crippen molar-refractivity contribution in [1.29, 1.82) is 0 Å². The van der Waals surface area contributed by atoms with E-state index in [1.54, 1.807) is 16.4 Å². The van der Waals surface area contributed by atoms with Gasteiger partial charge < -0.3 is 14.5 Å². The fraction of sp³-hybridized carbons (Fsp3) is 0.300. The number of hydrogen-bond donors (Lipinski definition) is 1. The monoisotopic (exact) mass is 386 g/mol. The number of H-pyrrole nitrogens is 1. The van der Waals surface area contributed by atoms with E-state index in [1.807, 2.05) is 18.2 Å². The highest BCUT2D eigenvalue weighted by Crippen LogP contribution is 2.35. The van der Waals surface area contributed by atoms with Crippen LogP contribution < -0.4 is 9.47 Å². The number of nitrogens with zero attached hydrogens (tertiary/aromatic N) is 1. The molecule has 1 N–H and O–H groups in total. The lowest BCUT2D eigenvalue weighted by atomic mass is 10.1. The quantitative estimate of drug-likeness (QED) is 0.730. The molecule has 1 unspecified atom stereocenters. The van der Waals surface area contributed by atoms with E-state index in [9.17, 15) is 8.42 Å². The second-order valence-electron chi connectivity index (χ2n) is 6.68. The number of aromatic amines is 1. The summed E-state index contributed by atoms with van der Waals surface area (Å²) in [6.45, 7) is 0.959. The van der Waals surface area contributed by atoms with Gasteiger partial charge in [0.15, 0.2) is 11.5 Å². The van der Waals surface area contributed by atoms with E-state index in [1.165, 1.54) is 20.3 Å². The first kappa shape index (κ1) is 17.9. The molecule has 2 aromatic carbocycles. The van der Waals surface area contributed by atoms with Crippen molar-refractivity contribution >= 4 is 20.9 Å². The smallest absolute Gasteiger partial charge is 0.243 e. The fourth-order valence-electron chi connectivity index (χ4n) is 3.64. The van der Waals surface area contributed by atoms with Gasteiger partial charge in [0.2, 0.25) is 10.0 Å². The van der Waals surface area contributed by atoms with Crippen LogP contribution in [0.5, 0.6) is 11.5 Å². The zero-order valence-corrected chi connectivity index (χ0v) is 16.1. The van der Waals surface area contributed by atoms with Crippen LogP contribution in [0.25, 0.3) is 10.9 Å². The normalized spacial score (nSPS) is 18.1. The van der Waals surface area contributed by atoms with E-state index in [2.05, 4.69) is 17.1 Å². The highest BCUT2D eigenvalue weighted by molar-refractivity contribution is 7.89. The van der Waals surface area contributed by atoms with Gasteiger partial charge in [-0.3, -0.25) is 0 Å². The SMILES string of the molecule is COc1ccc(S(=O)(=O)N2CCC(c3cc4ccccc4[nH]3)C2)cc1OC. The van der Waals surface area contributed by atoms with E-state index in [0.717, 1.165) is 23.0 Å². The number of para-hydroxylation sites is 1. The van der Waals surface area contributed by atoms with Crippen molar-refractivity contribution in [2.75, 3.05) is 27.3 Å². The Balaban J connectivity index is 1.58. The maximum Gasteiger partial charge on any atom is 0.243 e. The summed E-state index contributed by atoms with van der Waals surface area (Å²) in [5.41, 5.74) is 2.16. The number of hydrogen-bond acceptors (Lipinski definition) is 4. The molecule has 142 valence electrons. The van der Waals surface area contributed by atoms with Gasteiger partial charge in [0.1, 0.15) is 0 Å². The van der Waals surface area contributed by atoms with E-state index in [-0.39, 0.29) is 10.8 Å². The number of sulfonamides is 1. The summed E-state index contributed by atoms with van der Waals surface area (Å²) in [5.74, 6) is 1.08. The van der Waals surface area contributed by atoms with Gasteiger partial charge in [0.25, 0.3) is 0 Å². The molecule has 1 aliphatic heterocycles.